The van der Waals surface area contributed by atoms with Crippen LogP contribution in [0.2, 0.25) is 0 Å². The van der Waals surface area contributed by atoms with Gasteiger partial charge in [0.25, 0.3) is 5.56 Å². The average Bonchev–Trinajstić information content (AvgIpc) is 3.12. The Morgan fingerprint density at radius 3 is 2.45 bits per heavy atom. The first-order valence-corrected chi connectivity index (χ1v) is 11.6. The van der Waals surface area contributed by atoms with Gasteiger partial charge in [-0.05, 0) is 40.6 Å². The Labute approximate surface area is 202 Å². The van der Waals surface area contributed by atoms with Crippen LogP contribution in [-0.2, 0) is 9.53 Å². The topological polar surface area (TPSA) is 79.1 Å². The number of methoxy groups -OCH3 is 3. The number of thiazole rings is 1. The van der Waals surface area contributed by atoms with Gasteiger partial charge in [-0.1, -0.05) is 41.7 Å². The van der Waals surface area contributed by atoms with Crippen molar-refractivity contribution in [3.8, 4) is 11.5 Å². The quantitative estimate of drug-likeness (QED) is 0.475. The molecule has 4 rings (SSSR count). The molecule has 33 heavy (non-hydrogen) atoms. The van der Waals surface area contributed by atoms with Gasteiger partial charge in [0.05, 0.1) is 47.6 Å². The highest BCUT2D eigenvalue weighted by Crippen LogP contribution is 2.33. The molecule has 7 nitrogen and oxygen atoms in total. The Morgan fingerprint density at radius 2 is 1.82 bits per heavy atom. The molecule has 2 aromatic carbocycles. The minimum atomic E-state index is -0.637. The Morgan fingerprint density at radius 1 is 1.12 bits per heavy atom. The molecule has 0 radical (unpaired) electrons. The second-order valence-corrected chi connectivity index (χ2v) is 9.08. The van der Waals surface area contributed by atoms with Crippen LogP contribution in [0.25, 0.3) is 6.08 Å². The summed E-state index contributed by atoms with van der Waals surface area (Å²) in [5, 5.41) is 0. The molecule has 1 aromatic heterocycles. The number of aromatic nitrogens is 1. The van der Waals surface area contributed by atoms with Crippen LogP contribution in [0.5, 0.6) is 11.5 Å². The summed E-state index contributed by atoms with van der Waals surface area (Å²) in [5.74, 6) is 0.667. The monoisotopic (exact) mass is 528 g/mol. The second kappa shape index (κ2) is 9.36. The molecule has 0 saturated carbocycles. The number of carbonyl (C=O) groups is 1. The minimum absolute atomic E-state index is 0.254. The molecule has 0 saturated heterocycles. The van der Waals surface area contributed by atoms with Gasteiger partial charge in [0.1, 0.15) is 11.5 Å². The summed E-state index contributed by atoms with van der Waals surface area (Å²) in [7, 11) is 4.45. The standard InChI is InChI=1S/C24H21BrN2O5S/c1-13-20(23(29)32-4)21(14-8-6-5-7-9-14)27-22(28)19(33-24(27)26-13)11-15-10-16(25)18(31-3)12-17(15)30-2/h5-12,21H,1-4H3/b19-11-. The number of allylic oxidation sites excluding steroid dienone is 1. The van der Waals surface area contributed by atoms with Crippen LogP contribution in [0.3, 0.4) is 0 Å². The van der Waals surface area contributed by atoms with E-state index in [1.54, 1.807) is 37.9 Å². The molecule has 9 heteroatoms. The molecule has 2 heterocycles. The van der Waals surface area contributed by atoms with Crippen LogP contribution >= 0.6 is 27.3 Å². The summed E-state index contributed by atoms with van der Waals surface area (Å²) in [5.41, 5.74) is 2.11. The Kier molecular flexibility index (Phi) is 6.53. The largest absolute Gasteiger partial charge is 0.496 e. The zero-order chi connectivity index (χ0) is 23.7. The van der Waals surface area contributed by atoms with Crippen LogP contribution < -0.4 is 24.4 Å². The van der Waals surface area contributed by atoms with E-state index in [2.05, 4.69) is 20.9 Å². The highest BCUT2D eigenvalue weighted by Gasteiger charge is 2.32. The molecule has 0 bridgehead atoms. The first kappa shape index (κ1) is 23.0. The fourth-order valence-corrected chi connectivity index (χ4v) is 5.34. The number of halogens is 1. The lowest BCUT2D eigenvalue weighted by Crippen LogP contribution is -2.39. The van der Waals surface area contributed by atoms with Crippen molar-refractivity contribution in [2.45, 2.75) is 13.0 Å². The number of hydrogen-bond acceptors (Lipinski definition) is 7. The first-order valence-electron chi connectivity index (χ1n) is 9.97. The van der Waals surface area contributed by atoms with Crippen molar-refractivity contribution in [3.63, 3.8) is 0 Å². The number of ether oxygens (including phenoxy) is 3. The van der Waals surface area contributed by atoms with Gasteiger partial charge in [-0.2, -0.15) is 0 Å². The number of esters is 1. The fourth-order valence-electron chi connectivity index (χ4n) is 3.78. The predicted octanol–water partition coefficient (Wildman–Crippen LogP) is 3.19. The maximum atomic E-state index is 13.6. The van der Waals surface area contributed by atoms with Gasteiger partial charge in [0.2, 0.25) is 0 Å². The Hall–Kier alpha value is -3.17. The van der Waals surface area contributed by atoms with Crippen LogP contribution in [-0.4, -0.2) is 31.9 Å². The van der Waals surface area contributed by atoms with E-state index in [0.29, 0.717) is 37.7 Å². The van der Waals surface area contributed by atoms with E-state index in [9.17, 15) is 9.59 Å². The van der Waals surface area contributed by atoms with Gasteiger partial charge in [-0.3, -0.25) is 9.36 Å². The summed E-state index contributed by atoms with van der Waals surface area (Å²) in [6.45, 7) is 1.75. The molecular weight excluding hydrogens is 508 g/mol. The fraction of sp³-hybridized carbons (Fsp3) is 0.208. The van der Waals surface area contributed by atoms with E-state index < -0.39 is 12.0 Å². The third-order valence-corrected chi connectivity index (χ3v) is 6.94. The van der Waals surface area contributed by atoms with E-state index in [1.807, 2.05) is 36.4 Å². The smallest absolute Gasteiger partial charge is 0.338 e. The van der Waals surface area contributed by atoms with E-state index in [-0.39, 0.29) is 5.56 Å². The number of fused-ring (bicyclic) bond motifs is 1. The summed E-state index contributed by atoms with van der Waals surface area (Å²) in [4.78, 5) is 31.3. The highest BCUT2D eigenvalue weighted by atomic mass is 79.9. The first-order chi connectivity index (χ1) is 15.9. The van der Waals surface area contributed by atoms with Gasteiger partial charge in [0, 0.05) is 11.6 Å². The van der Waals surface area contributed by atoms with Crippen LogP contribution in [0.15, 0.2) is 68.0 Å². The average molecular weight is 529 g/mol. The molecule has 0 amide bonds. The highest BCUT2D eigenvalue weighted by molar-refractivity contribution is 9.10. The van der Waals surface area contributed by atoms with Gasteiger partial charge in [-0.25, -0.2) is 9.79 Å². The molecule has 1 aliphatic heterocycles. The van der Waals surface area contributed by atoms with Crippen molar-refractivity contribution >= 4 is 39.3 Å². The van der Waals surface area contributed by atoms with E-state index in [4.69, 9.17) is 14.2 Å². The molecule has 3 aromatic rings. The van der Waals surface area contributed by atoms with Crippen molar-refractivity contribution in [1.29, 1.82) is 0 Å². The summed E-state index contributed by atoms with van der Waals surface area (Å²) in [6, 6.07) is 12.3. The predicted molar refractivity (Wildman–Crippen MR) is 129 cm³/mol. The maximum absolute atomic E-state index is 13.6. The SMILES string of the molecule is COC(=O)C1=C(C)N=c2s/c(=C\c3cc(Br)c(OC)cc3OC)c(=O)n2C1c1ccccc1. The van der Waals surface area contributed by atoms with E-state index in [0.717, 1.165) is 10.0 Å². The lowest BCUT2D eigenvalue weighted by atomic mass is 9.96. The molecule has 0 spiro atoms. The lowest BCUT2D eigenvalue weighted by molar-refractivity contribution is -0.136. The maximum Gasteiger partial charge on any atom is 0.338 e. The molecule has 1 unspecified atom stereocenters. The van der Waals surface area contributed by atoms with Gasteiger partial charge in [0.15, 0.2) is 4.80 Å². The molecule has 1 aliphatic rings. The zero-order valence-corrected chi connectivity index (χ0v) is 20.8. The normalized spacial score (nSPS) is 15.7. The molecule has 0 fully saturated rings. The summed E-state index contributed by atoms with van der Waals surface area (Å²) < 4.78 is 18.6. The number of benzene rings is 2. The minimum Gasteiger partial charge on any atom is -0.496 e. The van der Waals surface area contributed by atoms with Crippen LogP contribution in [0.4, 0.5) is 0 Å². The van der Waals surface area contributed by atoms with Gasteiger partial charge >= 0.3 is 5.97 Å². The van der Waals surface area contributed by atoms with E-state index in [1.165, 1.54) is 18.4 Å². The van der Waals surface area contributed by atoms with E-state index >= 15 is 0 Å². The molecule has 0 N–H and O–H groups in total. The summed E-state index contributed by atoms with van der Waals surface area (Å²) in [6.07, 6.45) is 1.76. The van der Waals surface area contributed by atoms with Gasteiger partial charge < -0.3 is 14.2 Å². The van der Waals surface area contributed by atoms with Crippen molar-refractivity contribution in [2.24, 2.45) is 4.99 Å². The van der Waals surface area contributed by atoms with Crippen molar-refractivity contribution in [3.05, 3.63) is 89.0 Å². The van der Waals surface area contributed by atoms with Gasteiger partial charge in [-0.15, -0.1) is 0 Å². The zero-order valence-electron chi connectivity index (χ0n) is 18.4. The summed E-state index contributed by atoms with van der Waals surface area (Å²) >= 11 is 4.74. The Bertz CT molecular complexity index is 1440. The van der Waals surface area contributed by atoms with Crippen molar-refractivity contribution in [2.75, 3.05) is 21.3 Å². The van der Waals surface area contributed by atoms with Crippen LogP contribution in [0.1, 0.15) is 24.1 Å². The van der Waals surface area contributed by atoms with Crippen molar-refractivity contribution < 1.29 is 19.0 Å². The second-order valence-electron chi connectivity index (χ2n) is 7.21. The lowest BCUT2D eigenvalue weighted by Gasteiger charge is -2.24. The van der Waals surface area contributed by atoms with Crippen LogP contribution in [0, 0.1) is 0 Å². The van der Waals surface area contributed by atoms with Crippen molar-refractivity contribution in [1.82, 2.24) is 4.57 Å². The Balaban J connectivity index is 1.97. The third-order valence-electron chi connectivity index (χ3n) is 5.33. The molecule has 170 valence electrons. The number of hydrogen-bond donors (Lipinski definition) is 0. The molecule has 0 aliphatic carbocycles. The number of rotatable bonds is 5. The molecule has 1 atom stereocenters. The number of nitrogens with zero attached hydrogens (tertiary/aromatic N) is 2. The number of carbonyl (C=O) groups excluding carboxylic acids is 1. The molecular formula is C24H21BrN2O5S. The third kappa shape index (κ3) is 4.14.